The molecule has 21 heavy (non-hydrogen) atoms. The Hall–Kier alpha value is -1.50. The zero-order valence-electron chi connectivity index (χ0n) is 12.6. The van der Waals surface area contributed by atoms with Gasteiger partial charge in [0.2, 0.25) is 10.0 Å². The van der Waals surface area contributed by atoms with Crippen molar-refractivity contribution in [3.8, 4) is 0 Å². The van der Waals surface area contributed by atoms with Gasteiger partial charge < -0.3 is 5.73 Å². The van der Waals surface area contributed by atoms with Crippen LogP contribution < -0.4 is 5.73 Å². The standard InChI is InChI=1S/C15H21N3O2S/c1-15(2,10-16)11-18(3)21(19,20)14-6-4-5-12-9-17-8-7-13(12)14/h4-9H,10-11,16H2,1-3H3. The highest BCUT2D eigenvalue weighted by atomic mass is 32.2. The van der Waals surface area contributed by atoms with Gasteiger partial charge in [-0.15, -0.1) is 0 Å². The molecule has 2 aromatic rings. The van der Waals surface area contributed by atoms with Crippen LogP contribution in [0.5, 0.6) is 0 Å². The summed E-state index contributed by atoms with van der Waals surface area (Å²) >= 11 is 0. The average molecular weight is 307 g/mol. The van der Waals surface area contributed by atoms with E-state index in [0.717, 1.165) is 5.39 Å². The monoisotopic (exact) mass is 307 g/mol. The SMILES string of the molecule is CN(CC(C)(C)CN)S(=O)(=O)c1cccc2cnccc12. The van der Waals surface area contributed by atoms with Crippen LogP contribution in [0, 0.1) is 5.41 Å². The van der Waals surface area contributed by atoms with E-state index in [1.54, 1.807) is 37.6 Å². The average Bonchev–Trinajstić information content (AvgIpc) is 2.46. The van der Waals surface area contributed by atoms with Gasteiger partial charge >= 0.3 is 0 Å². The van der Waals surface area contributed by atoms with E-state index in [2.05, 4.69) is 4.98 Å². The number of nitrogens with two attached hydrogens (primary N) is 1. The number of fused-ring (bicyclic) bond motifs is 1. The van der Waals surface area contributed by atoms with Crippen molar-refractivity contribution in [2.24, 2.45) is 11.1 Å². The number of nitrogens with zero attached hydrogens (tertiary/aromatic N) is 2. The van der Waals surface area contributed by atoms with Crippen molar-refractivity contribution in [3.63, 3.8) is 0 Å². The highest BCUT2D eigenvalue weighted by Crippen LogP contribution is 2.26. The highest BCUT2D eigenvalue weighted by molar-refractivity contribution is 7.89. The molecule has 1 aromatic heterocycles. The first-order valence-electron chi connectivity index (χ1n) is 6.77. The number of hydrogen-bond acceptors (Lipinski definition) is 4. The molecule has 0 radical (unpaired) electrons. The maximum Gasteiger partial charge on any atom is 0.243 e. The Kier molecular flexibility index (Phi) is 4.32. The maximum absolute atomic E-state index is 12.8. The van der Waals surface area contributed by atoms with Crippen molar-refractivity contribution in [2.45, 2.75) is 18.7 Å². The summed E-state index contributed by atoms with van der Waals surface area (Å²) in [6.45, 7) is 4.69. The quantitative estimate of drug-likeness (QED) is 0.914. The largest absolute Gasteiger partial charge is 0.330 e. The molecule has 0 bridgehead atoms. The fourth-order valence-electron chi connectivity index (χ4n) is 2.24. The second-order valence-electron chi connectivity index (χ2n) is 5.98. The number of sulfonamides is 1. The van der Waals surface area contributed by atoms with Crippen LogP contribution in [0.3, 0.4) is 0 Å². The molecule has 0 atom stereocenters. The minimum atomic E-state index is -3.56. The van der Waals surface area contributed by atoms with Gasteiger partial charge in [0, 0.05) is 36.8 Å². The van der Waals surface area contributed by atoms with Gasteiger partial charge in [0.15, 0.2) is 0 Å². The maximum atomic E-state index is 12.8. The summed E-state index contributed by atoms with van der Waals surface area (Å²) in [5.41, 5.74) is 5.43. The van der Waals surface area contributed by atoms with Crippen LogP contribution >= 0.6 is 0 Å². The van der Waals surface area contributed by atoms with Crippen LogP contribution in [0.1, 0.15) is 13.8 Å². The Morgan fingerprint density at radius 3 is 2.67 bits per heavy atom. The summed E-state index contributed by atoms with van der Waals surface area (Å²) in [6.07, 6.45) is 3.27. The van der Waals surface area contributed by atoms with Gasteiger partial charge in [-0.2, -0.15) is 0 Å². The molecule has 1 aromatic carbocycles. The van der Waals surface area contributed by atoms with E-state index in [1.807, 2.05) is 19.9 Å². The Labute approximate surface area is 125 Å². The molecule has 0 amide bonds. The first-order chi connectivity index (χ1) is 9.78. The lowest BCUT2D eigenvalue weighted by atomic mass is 9.94. The van der Waals surface area contributed by atoms with Crippen molar-refractivity contribution in [2.75, 3.05) is 20.1 Å². The van der Waals surface area contributed by atoms with Gasteiger partial charge in [-0.25, -0.2) is 12.7 Å². The van der Waals surface area contributed by atoms with E-state index < -0.39 is 10.0 Å². The summed E-state index contributed by atoms with van der Waals surface area (Å²) < 4.78 is 27.0. The van der Waals surface area contributed by atoms with Gasteiger partial charge in [-0.1, -0.05) is 26.0 Å². The number of benzene rings is 1. The third-order valence-electron chi connectivity index (χ3n) is 3.53. The van der Waals surface area contributed by atoms with Crippen LogP contribution in [-0.2, 0) is 10.0 Å². The molecule has 0 spiro atoms. The molecule has 114 valence electrons. The first-order valence-corrected chi connectivity index (χ1v) is 8.21. The normalized spacial score (nSPS) is 13.0. The molecule has 0 saturated carbocycles. The Bertz CT molecular complexity index is 736. The minimum absolute atomic E-state index is 0.270. The lowest BCUT2D eigenvalue weighted by molar-refractivity contribution is 0.292. The fourth-order valence-corrected chi connectivity index (χ4v) is 3.81. The molecule has 0 aliphatic carbocycles. The molecular weight excluding hydrogens is 286 g/mol. The predicted molar refractivity (Wildman–Crippen MR) is 84.4 cm³/mol. The molecule has 5 nitrogen and oxygen atoms in total. The third-order valence-corrected chi connectivity index (χ3v) is 5.39. The summed E-state index contributed by atoms with van der Waals surface area (Å²) in [4.78, 5) is 4.33. The van der Waals surface area contributed by atoms with E-state index in [9.17, 15) is 8.42 Å². The van der Waals surface area contributed by atoms with Crippen LogP contribution in [0.15, 0.2) is 41.6 Å². The Morgan fingerprint density at radius 1 is 1.29 bits per heavy atom. The van der Waals surface area contributed by atoms with Crippen molar-refractivity contribution in [3.05, 3.63) is 36.7 Å². The summed E-state index contributed by atoms with van der Waals surface area (Å²) in [6, 6.07) is 6.94. The van der Waals surface area contributed by atoms with Crippen molar-refractivity contribution in [1.82, 2.24) is 9.29 Å². The van der Waals surface area contributed by atoms with Crippen LogP contribution in [0.25, 0.3) is 10.8 Å². The van der Waals surface area contributed by atoms with Gasteiger partial charge in [0.1, 0.15) is 0 Å². The molecule has 2 rings (SSSR count). The van der Waals surface area contributed by atoms with Gasteiger partial charge in [-0.05, 0) is 24.1 Å². The zero-order valence-corrected chi connectivity index (χ0v) is 13.4. The second-order valence-corrected chi connectivity index (χ2v) is 8.00. The van der Waals surface area contributed by atoms with Crippen molar-refractivity contribution in [1.29, 1.82) is 0 Å². The molecule has 2 N–H and O–H groups in total. The fraction of sp³-hybridized carbons (Fsp3) is 0.400. The Balaban J connectivity index is 2.47. The third kappa shape index (κ3) is 3.23. The lowest BCUT2D eigenvalue weighted by Gasteiger charge is -2.28. The molecule has 0 saturated heterocycles. The van der Waals surface area contributed by atoms with E-state index in [0.29, 0.717) is 23.4 Å². The van der Waals surface area contributed by atoms with Crippen LogP contribution in [0.4, 0.5) is 0 Å². The Morgan fingerprint density at radius 2 is 2.00 bits per heavy atom. The van der Waals surface area contributed by atoms with Crippen LogP contribution in [0.2, 0.25) is 0 Å². The number of pyridine rings is 1. The smallest absolute Gasteiger partial charge is 0.243 e. The molecule has 0 unspecified atom stereocenters. The first kappa shape index (κ1) is 15.9. The summed E-state index contributed by atoms with van der Waals surface area (Å²) in [7, 11) is -1.97. The number of rotatable bonds is 5. The van der Waals surface area contributed by atoms with Gasteiger partial charge in [0.25, 0.3) is 0 Å². The molecule has 0 fully saturated rings. The summed E-state index contributed by atoms with van der Waals surface area (Å²) in [5, 5.41) is 1.50. The van der Waals surface area contributed by atoms with Gasteiger partial charge in [-0.3, -0.25) is 4.98 Å². The van der Waals surface area contributed by atoms with E-state index in [-0.39, 0.29) is 5.41 Å². The zero-order chi connectivity index (χ0) is 15.7. The minimum Gasteiger partial charge on any atom is -0.330 e. The van der Waals surface area contributed by atoms with Gasteiger partial charge in [0.05, 0.1) is 4.90 Å². The van der Waals surface area contributed by atoms with E-state index in [4.69, 9.17) is 5.73 Å². The molecule has 1 heterocycles. The molecule has 0 aliphatic rings. The van der Waals surface area contributed by atoms with Crippen molar-refractivity contribution >= 4 is 20.8 Å². The molecular formula is C15H21N3O2S. The summed E-state index contributed by atoms with van der Waals surface area (Å²) in [5.74, 6) is 0. The van der Waals surface area contributed by atoms with Crippen LogP contribution in [-0.4, -0.2) is 37.8 Å². The number of hydrogen-bond donors (Lipinski definition) is 1. The molecule has 6 heteroatoms. The van der Waals surface area contributed by atoms with Crippen molar-refractivity contribution < 1.29 is 8.42 Å². The predicted octanol–water partition coefficient (Wildman–Crippen LogP) is 1.84. The molecule has 0 aliphatic heterocycles. The van der Waals surface area contributed by atoms with E-state index >= 15 is 0 Å². The lowest BCUT2D eigenvalue weighted by Crippen LogP contribution is -2.39. The second kappa shape index (κ2) is 5.71. The highest BCUT2D eigenvalue weighted by Gasteiger charge is 2.28. The topological polar surface area (TPSA) is 76.3 Å². The number of aromatic nitrogens is 1. The van der Waals surface area contributed by atoms with E-state index in [1.165, 1.54) is 4.31 Å².